The fraction of sp³-hybridized carbons (Fsp3) is 0.125. The number of amides is 1. The van der Waals surface area contributed by atoms with Gasteiger partial charge in [0.1, 0.15) is 17.2 Å². The minimum absolute atomic E-state index is 0.0505. The number of benzene rings is 2. The molecule has 1 amide bonds. The van der Waals surface area contributed by atoms with Gasteiger partial charge in [-0.05, 0) is 37.3 Å². The molecule has 0 aliphatic heterocycles. The van der Waals surface area contributed by atoms with Gasteiger partial charge >= 0.3 is 0 Å². The lowest BCUT2D eigenvalue weighted by molar-refractivity contribution is -0.123. The SMILES string of the molecule is CC(=NNC(=O)COc1cccc(Br)c1)c1ccc(O)cc1O. The molecule has 0 aliphatic carbocycles. The summed E-state index contributed by atoms with van der Waals surface area (Å²) in [4.78, 5) is 11.7. The van der Waals surface area contributed by atoms with Crippen molar-refractivity contribution >= 4 is 27.5 Å². The van der Waals surface area contributed by atoms with E-state index in [9.17, 15) is 15.0 Å². The van der Waals surface area contributed by atoms with Crippen LogP contribution in [0.3, 0.4) is 0 Å². The molecule has 2 aromatic rings. The van der Waals surface area contributed by atoms with Crippen molar-refractivity contribution in [3.05, 3.63) is 52.5 Å². The summed E-state index contributed by atoms with van der Waals surface area (Å²) in [7, 11) is 0. The summed E-state index contributed by atoms with van der Waals surface area (Å²) < 4.78 is 6.19. The first-order chi connectivity index (χ1) is 11.0. The molecule has 0 saturated heterocycles. The molecule has 0 bridgehead atoms. The van der Waals surface area contributed by atoms with Crippen molar-refractivity contribution in [2.45, 2.75) is 6.92 Å². The van der Waals surface area contributed by atoms with Crippen molar-refractivity contribution in [1.82, 2.24) is 5.43 Å². The highest BCUT2D eigenvalue weighted by atomic mass is 79.9. The third kappa shape index (κ3) is 5.00. The highest BCUT2D eigenvalue weighted by Gasteiger charge is 2.07. The Balaban J connectivity index is 1.92. The number of phenolic OH excluding ortho intramolecular Hbond substituents is 2. The van der Waals surface area contributed by atoms with Crippen LogP contribution in [0.25, 0.3) is 0 Å². The van der Waals surface area contributed by atoms with Crippen molar-refractivity contribution in [2.24, 2.45) is 5.10 Å². The molecule has 2 aromatic carbocycles. The van der Waals surface area contributed by atoms with E-state index in [-0.39, 0.29) is 18.1 Å². The van der Waals surface area contributed by atoms with Crippen LogP contribution in [-0.2, 0) is 4.79 Å². The van der Waals surface area contributed by atoms with Crippen LogP contribution in [0.1, 0.15) is 12.5 Å². The molecule has 0 saturated carbocycles. The number of aromatic hydroxyl groups is 2. The van der Waals surface area contributed by atoms with Crippen molar-refractivity contribution in [3.63, 3.8) is 0 Å². The summed E-state index contributed by atoms with van der Waals surface area (Å²) in [6.45, 7) is 1.44. The number of halogens is 1. The van der Waals surface area contributed by atoms with E-state index in [1.807, 2.05) is 6.07 Å². The Kier molecular flexibility index (Phi) is 5.59. The first kappa shape index (κ1) is 16.8. The van der Waals surface area contributed by atoms with Crippen LogP contribution in [0.5, 0.6) is 17.2 Å². The van der Waals surface area contributed by atoms with E-state index in [1.165, 1.54) is 18.2 Å². The lowest BCUT2D eigenvalue weighted by atomic mass is 10.1. The van der Waals surface area contributed by atoms with Gasteiger partial charge in [0.15, 0.2) is 6.61 Å². The Morgan fingerprint density at radius 1 is 1.26 bits per heavy atom. The zero-order chi connectivity index (χ0) is 16.8. The predicted molar refractivity (Wildman–Crippen MR) is 89.8 cm³/mol. The number of hydrazone groups is 1. The molecule has 23 heavy (non-hydrogen) atoms. The minimum Gasteiger partial charge on any atom is -0.508 e. The Morgan fingerprint density at radius 3 is 2.74 bits per heavy atom. The van der Waals surface area contributed by atoms with Gasteiger partial charge in [0.2, 0.25) is 0 Å². The molecule has 6 nitrogen and oxygen atoms in total. The largest absolute Gasteiger partial charge is 0.508 e. The smallest absolute Gasteiger partial charge is 0.277 e. The quantitative estimate of drug-likeness (QED) is 0.550. The summed E-state index contributed by atoms with van der Waals surface area (Å²) >= 11 is 3.31. The summed E-state index contributed by atoms with van der Waals surface area (Å²) in [5.74, 6) is -0.0367. The predicted octanol–water partition coefficient (Wildman–Crippen LogP) is 2.78. The van der Waals surface area contributed by atoms with E-state index in [2.05, 4.69) is 26.5 Å². The Labute approximate surface area is 141 Å². The lowest BCUT2D eigenvalue weighted by Crippen LogP contribution is -2.25. The molecule has 0 aromatic heterocycles. The zero-order valence-electron chi connectivity index (χ0n) is 12.3. The highest BCUT2D eigenvalue weighted by molar-refractivity contribution is 9.10. The summed E-state index contributed by atoms with van der Waals surface area (Å²) in [6.07, 6.45) is 0. The Morgan fingerprint density at radius 2 is 2.04 bits per heavy atom. The first-order valence-corrected chi connectivity index (χ1v) is 7.49. The number of carbonyl (C=O) groups is 1. The van der Waals surface area contributed by atoms with Gasteiger partial charge in [-0.25, -0.2) is 5.43 Å². The van der Waals surface area contributed by atoms with Crippen LogP contribution < -0.4 is 10.2 Å². The van der Waals surface area contributed by atoms with Gasteiger partial charge in [0.25, 0.3) is 5.91 Å². The minimum atomic E-state index is -0.428. The fourth-order valence-corrected chi connectivity index (χ4v) is 2.15. The number of phenols is 2. The maximum absolute atomic E-state index is 11.7. The molecule has 0 fully saturated rings. The number of hydrogen-bond acceptors (Lipinski definition) is 5. The Hall–Kier alpha value is -2.54. The van der Waals surface area contributed by atoms with Crippen LogP contribution in [0.4, 0.5) is 0 Å². The zero-order valence-corrected chi connectivity index (χ0v) is 13.9. The average Bonchev–Trinajstić information content (AvgIpc) is 2.50. The third-order valence-electron chi connectivity index (χ3n) is 2.89. The summed E-state index contributed by atoms with van der Waals surface area (Å²) in [5, 5.41) is 22.9. The maximum Gasteiger partial charge on any atom is 0.277 e. The number of ether oxygens (including phenoxy) is 1. The van der Waals surface area contributed by atoms with Gasteiger partial charge in [-0.3, -0.25) is 4.79 Å². The standard InChI is InChI=1S/C16H15BrN2O4/c1-10(14-6-5-12(20)8-15(14)21)18-19-16(22)9-23-13-4-2-3-11(17)7-13/h2-8,20-21H,9H2,1H3,(H,19,22). The molecule has 0 atom stereocenters. The van der Waals surface area contributed by atoms with Crippen molar-refractivity contribution < 1.29 is 19.7 Å². The van der Waals surface area contributed by atoms with Gasteiger partial charge in [-0.15, -0.1) is 0 Å². The number of rotatable bonds is 5. The molecule has 0 unspecified atom stereocenters. The molecule has 2 rings (SSSR count). The van der Waals surface area contributed by atoms with E-state index in [0.29, 0.717) is 17.0 Å². The molecule has 120 valence electrons. The van der Waals surface area contributed by atoms with Crippen molar-refractivity contribution in [1.29, 1.82) is 0 Å². The maximum atomic E-state index is 11.7. The third-order valence-corrected chi connectivity index (χ3v) is 3.38. The van der Waals surface area contributed by atoms with E-state index < -0.39 is 5.91 Å². The molecule has 3 N–H and O–H groups in total. The second kappa shape index (κ2) is 7.64. The van der Waals surface area contributed by atoms with Gasteiger partial charge in [-0.2, -0.15) is 5.10 Å². The monoisotopic (exact) mass is 378 g/mol. The molecule has 7 heteroatoms. The highest BCUT2D eigenvalue weighted by Crippen LogP contribution is 2.23. The fourth-order valence-electron chi connectivity index (χ4n) is 1.77. The van der Waals surface area contributed by atoms with Crippen LogP contribution in [0.2, 0.25) is 0 Å². The van der Waals surface area contributed by atoms with Crippen LogP contribution in [0.15, 0.2) is 52.0 Å². The molecule has 0 aliphatic rings. The normalized spacial score (nSPS) is 11.1. The van der Waals surface area contributed by atoms with E-state index in [0.717, 1.165) is 4.47 Å². The van der Waals surface area contributed by atoms with Crippen LogP contribution in [0, 0.1) is 0 Å². The molecular formula is C16H15BrN2O4. The molecule has 0 heterocycles. The van der Waals surface area contributed by atoms with Crippen molar-refractivity contribution in [2.75, 3.05) is 6.61 Å². The number of nitrogens with zero attached hydrogens (tertiary/aromatic N) is 1. The second-order valence-corrected chi connectivity index (χ2v) is 5.60. The molecule has 0 spiro atoms. The molecule has 0 radical (unpaired) electrons. The Bertz CT molecular complexity index is 747. The summed E-state index contributed by atoms with van der Waals surface area (Å²) in [6, 6.07) is 11.3. The van der Waals surface area contributed by atoms with Gasteiger partial charge in [0.05, 0.1) is 5.71 Å². The number of nitrogens with one attached hydrogen (secondary N) is 1. The van der Waals surface area contributed by atoms with Gasteiger partial charge in [0, 0.05) is 16.1 Å². The van der Waals surface area contributed by atoms with E-state index >= 15 is 0 Å². The first-order valence-electron chi connectivity index (χ1n) is 6.69. The van der Waals surface area contributed by atoms with Crippen molar-refractivity contribution in [3.8, 4) is 17.2 Å². The summed E-state index contributed by atoms with van der Waals surface area (Å²) in [5.41, 5.74) is 3.16. The van der Waals surface area contributed by atoms with Gasteiger partial charge in [-0.1, -0.05) is 22.0 Å². The van der Waals surface area contributed by atoms with E-state index in [4.69, 9.17) is 4.74 Å². The van der Waals surface area contributed by atoms with Crippen LogP contribution in [-0.4, -0.2) is 28.4 Å². The average molecular weight is 379 g/mol. The van der Waals surface area contributed by atoms with Crippen LogP contribution >= 0.6 is 15.9 Å². The number of hydrogen-bond donors (Lipinski definition) is 3. The molecular weight excluding hydrogens is 364 g/mol. The topological polar surface area (TPSA) is 91.2 Å². The van der Waals surface area contributed by atoms with Gasteiger partial charge < -0.3 is 14.9 Å². The number of carbonyl (C=O) groups excluding carboxylic acids is 1. The van der Waals surface area contributed by atoms with E-state index in [1.54, 1.807) is 25.1 Å². The lowest BCUT2D eigenvalue weighted by Gasteiger charge is -2.07. The second-order valence-electron chi connectivity index (χ2n) is 4.68.